The summed E-state index contributed by atoms with van der Waals surface area (Å²) in [7, 11) is -3.51. The number of rotatable bonds is 4. The Balaban J connectivity index is 1.47. The van der Waals surface area contributed by atoms with Gasteiger partial charge in [0.05, 0.1) is 16.9 Å². The van der Waals surface area contributed by atoms with E-state index in [0.29, 0.717) is 43.3 Å². The monoisotopic (exact) mass is 396 g/mol. The van der Waals surface area contributed by atoms with E-state index in [1.54, 1.807) is 16.4 Å². The number of amides is 1. The molecule has 1 aliphatic carbocycles. The molecule has 5 nitrogen and oxygen atoms in total. The maximum absolute atomic E-state index is 13.3. The molecule has 1 saturated heterocycles. The van der Waals surface area contributed by atoms with Crippen molar-refractivity contribution >= 4 is 15.9 Å². The summed E-state index contributed by atoms with van der Waals surface area (Å²) in [6.45, 7) is 1.61. The average molecular weight is 397 g/mol. The third-order valence-electron chi connectivity index (χ3n) is 6.35. The van der Waals surface area contributed by atoms with Gasteiger partial charge in [-0.3, -0.25) is 4.79 Å². The summed E-state index contributed by atoms with van der Waals surface area (Å²) in [5.41, 5.74) is 1.25. The van der Waals surface area contributed by atoms with Crippen molar-refractivity contribution < 1.29 is 13.2 Å². The van der Waals surface area contributed by atoms with Gasteiger partial charge in [-0.1, -0.05) is 48.5 Å². The summed E-state index contributed by atoms with van der Waals surface area (Å²) in [6, 6.07) is 17.1. The van der Waals surface area contributed by atoms with Crippen molar-refractivity contribution in [1.82, 2.24) is 9.21 Å². The number of fused-ring (bicyclic) bond motifs is 2. The molecule has 1 atom stereocenters. The molecule has 2 heterocycles. The molecule has 1 unspecified atom stereocenters. The summed E-state index contributed by atoms with van der Waals surface area (Å²) >= 11 is 0. The largest absolute Gasteiger partial charge is 0.340 e. The number of nitrogens with zero attached hydrogens (tertiary/aromatic N) is 2. The summed E-state index contributed by atoms with van der Waals surface area (Å²) in [5.74, 6) is 0.520. The van der Waals surface area contributed by atoms with Gasteiger partial charge in [0.15, 0.2) is 0 Å². The predicted octanol–water partition coefficient (Wildman–Crippen LogP) is 2.77. The highest BCUT2D eigenvalue weighted by Gasteiger charge is 2.58. The van der Waals surface area contributed by atoms with Crippen molar-refractivity contribution in [2.24, 2.45) is 5.92 Å². The van der Waals surface area contributed by atoms with E-state index < -0.39 is 15.6 Å². The van der Waals surface area contributed by atoms with Crippen LogP contribution in [0.5, 0.6) is 0 Å². The number of carbonyl (C=O) groups excluding carboxylic acids is 1. The Labute approximate surface area is 166 Å². The van der Waals surface area contributed by atoms with Gasteiger partial charge in [-0.25, -0.2) is 8.42 Å². The van der Waals surface area contributed by atoms with Crippen LogP contribution in [0.25, 0.3) is 0 Å². The minimum Gasteiger partial charge on any atom is -0.340 e. The molecule has 1 saturated carbocycles. The van der Waals surface area contributed by atoms with E-state index in [1.165, 1.54) is 0 Å². The average Bonchev–Trinajstić information content (AvgIpc) is 3.39. The van der Waals surface area contributed by atoms with E-state index in [9.17, 15) is 13.2 Å². The summed E-state index contributed by atoms with van der Waals surface area (Å²) in [5, 5.41) is 0. The Morgan fingerprint density at radius 1 is 1.04 bits per heavy atom. The first kappa shape index (κ1) is 17.9. The van der Waals surface area contributed by atoms with Crippen molar-refractivity contribution in [2.45, 2.75) is 36.1 Å². The number of hydrogen-bond acceptors (Lipinski definition) is 3. The van der Waals surface area contributed by atoms with Gasteiger partial charge in [-0.05, 0) is 42.4 Å². The molecule has 0 N–H and O–H groups in total. The van der Waals surface area contributed by atoms with E-state index in [2.05, 4.69) is 0 Å². The Bertz CT molecular complexity index is 1020. The highest BCUT2D eigenvalue weighted by Crippen LogP contribution is 2.51. The van der Waals surface area contributed by atoms with Crippen molar-refractivity contribution in [3.63, 3.8) is 0 Å². The maximum Gasteiger partial charge on any atom is 0.244 e. The molecule has 2 fully saturated rings. The second kappa shape index (κ2) is 6.42. The molecule has 0 bridgehead atoms. The minimum atomic E-state index is -3.51. The second-order valence-electron chi connectivity index (χ2n) is 8.23. The Morgan fingerprint density at radius 2 is 1.75 bits per heavy atom. The molecule has 28 heavy (non-hydrogen) atoms. The highest BCUT2D eigenvalue weighted by molar-refractivity contribution is 7.89. The van der Waals surface area contributed by atoms with E-state index in [-0.39, 0.29) is 5.91 Å². The third kappa shape index (κ3) is 2.78. The van der Waals surface area contributed by atoms with Gasteiger partial charge in [0, 0.05) is 19.6 Å². The van der Waals surface area contributed by atoms with Crippen LogP contribution in [0.2, 0.25) is 0 Å². The molecule has 146 valence electrons. The lowest BCUT2D eigenvalue weighted by atomic mass is 9.88. The van der Waals surface area contributed by atoms with Gasteiger partial charge < -0.3 is 4.90 Å². The number of sulfonamides is 1. The molecule has 5 rings (SSSR count). The lowest BCUT2D eigenvalue weighted by Crippen LogP contribution is -2.47. The van der Waals surface area contributed by atoms with Crippen LogP contribution >= 0.6 is 0 Å². The van der Waals surface area contributed by atoms with Gasteiger partial charge in [0.2, 0.25) is 15.9 Å². The minimum absolute atomic E-state index is 0.0660. The van der Waals surface area contributed by atoms with E-state index in [0.717, 1.165) is 24.0 Å². The molecule has 0 aromatic heterocycles. The van der Waals surface area contributed by atoms with Gasteiger partial charge in [-0.15, -0.1) is 0 Å². The standard InChI is InChI=1S/C22H24N2O3S/c25-21(14-17-6-2-1-3-7-17)23-13-12-22(16-23)19-8-4-5-9-20(19)28(26,27)24(22)15-18-10-11-18/h1-9,18H,10-16H2. The molecular weight excluding hydrogens is 372 g/mol. The number of benzene rings is 2. The molecule has 2 aliphatic heterocycles. The first-order chi connectivity index (χ1) is 13.5. The summed E-state index contributed by atoms with van der Waals surface area (Å²) in [4.78, 5) is 15.2. The predicted molar refractivity (Wildman–Crippen MR) is 106 cm³/mol. The normalized spacial score (nSPS) is 25.9. The zero-order valence-corrected chi connectivity index (χ0v) is 16.6. The topological polar surface area (TPSA) is 57.7 Å². The SMILES string of the molecule is O=C(Cc1ccccc1)N1CCC2(C1)c1ccccc1S(=O)(=O)N2CC1CC1. The van der Waals surface area contributed by atoms with Crippen LogP contribution in [0.1, 0.15) is 30.4 Å². The Kier molecular flexibility index (Phi) is 4.10. The number of carbonyl (C=O) groups is 1. The number of hydrogen-bond donors (Lipinski definition) is 0. The first-order valence-corrected chi connectivity index (χ1v) is 11.4. The maximum atomic E-state index is 13.3. The van der Waals surface area contributed by atoms with Crippen LogP contribution in [0.3, 0.4) is 0 Å². The fourth-order valence-electron chi connectivity index (χ4n) is 4.68. The van der Waals surface area contributed by atoms with Crippen LogP contribution in [0.15, 0.2) is 59.5 Å². The number of likely N-dealkylation sites (tertiary alicyclic amines) is 1. The smallest absolute Gasteiger partial charge is 0.244 e. The van der Waals surface area contributed by atoms with E-state index in [1.807, 2.05) is 47.4 Å². The highest BCUT2D eigenvalue weighted by atomic mass is 32.2. The van der Waals surface area contributed by atoms with Crippen LogP contribution in [-0.4, -0.2) is 43.2 Å². The van der Waals surface area contributed by atoms with Gasteiger partial charge in [0.25, 0.3) is 0 Å². The van der Waals surface area contributed by atoms with Crippen LogP contribution in [0.4, 0.5) is 0 Å². The summed E-state index contributed by atoms with van der Waals surface area (Å²) in [6.07, 6.45) is 3.20. The van der Waals surface area contributed by atoms with Gasteiger partial charge in [0.1, 0.15) is 0 Å². The Morgan fingerprint density at radius 3 is 2.50 bits per heavy atom. The zero-order chi connectivity index (χ0) is 19.4. The summed E-state index contributed by atoms with van der Waals surface area (Å²) < 4.78 is 28.3. The van der Waals surface area contributed by atoms with Crippen molar-refractivity contribution in [1.29, 1.82) is 0 Å². The van der Waals surface area contributed by atoms with Gasteiger partial charge >= 0.3 is 0 Å². The van der Waals surface area contributed by atoms with Gasteiger partial charge in [-0.2, -0.15) is 4.31 Å². The molecule has 6 heteroatoms. The van der Waals surface area contributed by atoms with Crippen LogP contribution < -0.4 is 0 Å². The molecule has 3 aliphatic rings. The molecule has 1 spiro atoms. The van der Waals surface area contributed by atoms with Crippen LogP contribution in [0, 0.1) is 5.92 Å². The van der Waals surface area contributed by atoms with Crippen molar-refractivity contribution in [2.75, 3.05) is 19.6 Å². The Hall–Kier alpha value is -2.18. The molecule has 2 aromatic carbocycles. The first-order valence-electron chi connectivity index (χ1n) is 9.95. The lowest BCUT2D eigenvalue weighted by Gasteiger charge is -2.34. The fraction of sp³-hybridized carbons (Fsp3) is 0.409. The van der Waals surface area contributed by atoms with Crippen LogP contribution in [-0.2, 0) is 26.8 Å². The van der Waals surface area contributed by atoms with E-state index in [4.69, 9.17) is 0 Å². The molecule has 1 amide bonds. The molecule has 2 aromatic rings. The quantitative estimate of drug-likeness (QED) is 0.799. The fourth-order valence-corrected chi connectivity index (χ4v) is 6.82. The van der Waals surface area contributed by atoms with E-state index >= 15 is 0 Å². The third-order valence-corrected chi connectivity index (χ3v) is 8.34. The zero-order valence-electron chi connectivity index (χ0n) is 15.8. The molecular formula is C22H24N2O3S. The van der Waals surface area contributed by atoms with Crippen molar-refractivity contribution in [3.8, 4) is 0 Å². The second-order valence-corrected chi connectivity index (χ2v) is 10.1. The molecule has 0 radical (unpaired) electrons. The lowest BCUT2D eigenvalue weighted by molar-refractivity contribution is -0.129. The van der Waals surface area contributed by atoms with Crippen molar-refractivity contribution in [3.05, 3.63) is 65.7 Å².